The van der Waals surface area contributed by atoms with Crippen molar-refractivity contribution in [2.75, 3.05) is 4.90 Å². The number of hydrogen-bond acceptors (Lipinski definition) is 3. The van der Waals surface area contributed by atoms with Crippen molar-refractivity contribution in [2.24, 2.45) is 0 Å². The van der Waals surface area contributed by atoms with E-state index in [-0.39, 0.29) is 0 Å². The number of rotatable bonds is 5. The van der Waals surface area contributed by atoms with E-state index in [2.05, 4.69) is 4.98 Å². The van der Waals surface area contributed by atoms with E-state index >= 15 is 0 Å². The molecule has 118 valence electrons. The summed E-state index contributed by atoms with van der Waals surface area (Å²) >= 11 is 5.79. The Kier molecular flexibility index (Phi) is 4.57. The van der Waals surface area contributed by atoms with Gasteiger partial charge in [-0.1, -0.05) is 23.7 Å². The Bertz CT molecular complexity index is 776. The van der Waals surface area contributed by atoms with Crippen molar-refractivity contribution in [1.82, 2.24) is 4.98 Å². The summed E-state index contributed by atoms with van der Waals surface area (Å²) in [5.74, 6) is -1.71. The monoisotopic (exact) mass is 334 g/mol. The molecule has 0 aliphatic heterocycles. The molecule has 0 N–H and O–H groups in total. The molecule has 0 amide bonds. The minimum Gasteiger partial charge on any atom is -0.470 e. The van der Waals surface area contributed by atoms with Crippen molar-refractivity contribution < 1.29 is 13.2 Å². The van der Waals surface area contributed by atoms with E-state index in [9.17, 15) is 8.78 Å². The number of pyridine rings is 1. The standard InChI is InChI=1S/C17H13ClF2N2O/c18-17-4-2-13(8-21-17)10-22(14-5-6-23-11-14)9-12-1-3-15(19)16(20)7-12/h1-8,11H,9-10H2. The summed E-state index contributed by atoms with van der Waals surface area (Å²) in [6, 6.07) is 9.27. The molecule has 0 bridgehead atoms. The van der Waals surface area contributed by atoms with Crippen molar-refractivity contribution in [3.63, 3.8) is 0 Å². The minimum absolute atomic E-state index is 0.402. The Labute approximate surface area is 137 Å². The summed E-state index contributed by atoms with van der Waals surface area (Å²) in [6.07, 6.45) is 4.84. The molecule has 3 rings (SSSR count). The summed E-state index contributed by atoms with van der Waals surface area (Å²) in [6.45, 7) is 0.933. The zero-order chi connectivity index (χ0) is 16.2. The Morgan fingerprint density at radius 2 is 1.78 bits per heavy atom. The highest BCUT2D eigenvalue weighted by Crippen LogP contribution is 2.21. The van der Waals surface area contributed by atoms with E-state index in [0.717, 1.165) is 17.3 Å². The van der Waals surface area contributed by atoms with Crippen molar-refractivity contribution in [2.45, 2.75) is 13.1 Å². The van der Waals surface area contributed by atoms with Gasteiger partial charge < -0.3 is 9.32 Å². The first-order chi connectivity index (χ1) is 11.1. The van der Waals surface area contributed by atoms with Crippen molar-refractivity contribution in [1.29, 1.82) is 0 Å². The third-order valence-corrected chi connectivity index (χ3v) is 3.61. The summed E-state index contributed by atoms with van der Waals surface area (Å²) in [4.78, 5) is 6.03. The maximum Gasteiger partial charge on any atom is 0.159 e. The summed E-state index contributed by atoms with van der Waals surface area (Å²) in [7, 11) is 0. The van der Waals surface area contributed by atoms with E-state index in [0.29, 0.717) is 23.8 Å². The fourth-order valence-corrected chi connectivity index (χ4v) is 2.37. The molecule has 0 aliphatic carbocycles. The van der Waals surface area contributed by atoms with Gasteiger partial charge in [-0.15, -0.1) is 0 Å². The van der Waals surface area contributed by atoms with Gasteiger partial charge in [-0.3, -0.25) is 0 Å². The van der Waals surface area contributed by atoms with Gasteiger partial charge in [0.05, 0.1) is 12.0 Å². The van der Waals surface area contributed by atoms with Crippen LogP contribution in [0.2, 0.25) is 5.15 Å². The first-order valence-electron chi connectivity index (χ1n) is 6.93. The minimum atomic E-state index is -0.859. The number of aromatic nitrogens is 1. The summed E-state index contributed by atoms with van der Waals surface area (Å²) in [5, 5.41) is 0.421. The number of anilines is 1. The second-order valence-corrected chi connectivity index (χ2v) is 5.46. The van der Waals surface area contributed by atoms with Crippen molar-refractivity contribution >= 4 is 17.3 Å². The lowest BCUT2D eigenvalue weighted by molar-refractivity contribution is 0.506. The van der Waals surface area contributed by atoms with E-state index in [1.807, 2.05) is 17.0 Å². The highest BCUT2D eigenvalue weighted by Gasteiger charge is 2.12. The first kappa shape index (κ1) is 15.5. The third kappa shape index (κ3) is 3.87. The summed E-state index contributed by atoms with van der Waals surface area (Å²) in [5.41, 5.74) is 2.44. The Morgan fingerprint density at radius 1 is 1.00 bits per heavy atom. The molecule has 0 saturated heterocycles. The fraction of sp³-hybridized carbons (Fsp3) is 0.118. The maximum atomic E-state index is 13.4. The second-order valence-electron chi connectivity index (χ2n) is 5.08. The van der Waals surface area contributed by atoms with Crippen LogP contribution in [0.15, 0.2) is 59.5 Å². The van der Waals surface area contributed by atoms with E-state index < -0.39 is 11.6 Å². The lowest BCUT2D eigenvalue weighted by Gasteiger charge is -2.23. The van der Waals surface area contributed by atoms with Gasteiger partial charge in [-0.05, 0) is 35.4 Å². The van der Waals surface area contributed by atoms with Gasteiger partial charge >= 0.3 is 0 Å². The second kappa shape index (κ2) is 6.79. The molecule has 3 aromatic rings. The van der Waals surface area contributed by atoms with E-state index in [1.165, 1.54) is 6.07 Å². The largest absolute Gasteiger partial charge is 0.470 e. The molecule has 0 saturated carbocycles. The van der Waals surface area contributed by atoms with Gasteiger partial charge in [-0.25, -0.2) is 13.8 Å². The van der Waals surface area contributed by atoms with Gasteiger partial charge in [0.25, 0.3) is 0 Å². The smallest absolute Gasteiger partial charge is 0.159 e. The molecule has 6 heteroatoms. The highest BCUT2D eigenvalue weighted by atomic mass is 35.5. The predicted octanol–water partition coefficient (Wildman–Crippen LogP) is 4.81. The van der Waals surface area contributed by atoms with Gasteiger partial charge in [-0.2, -0.15) is 0 Å². The van der Waals surface area contributed by atoms with Gasteiger partial charge in [0, 0.05) is 19.3 Å². The first-order valence-corrected chi connectivity index (χ1v) is 7.31. The lowest BCUT2D eigenvalue weighted by Crippen LogP contribution is -2.21. The molecule has 0 unspecified atom stereocenters. The third-order valence-electron chi connectivity index (χ3n) is 3.39. The molecule has 23 heavy (non-hydrogen) atoms. The zero-order valence-corrected chi connectivity index (χ0v) is 12.8. The molecular formula is C17H13ClF2N2O. The average molecular weight is 335 g/mol. The van der Waals surface area contributed by atoms with Crippen LogP contribution in [-0.2, 0) is 13.1 Å². The van der Waals surface area contributed by atoms with Gasteiger partial charge in [0.2, 0.25) is 0 Å². The quantitative estimate of drug-likeness (QED) is 0.627. The lowest BCUT2D eigenvalue weighted by atomic mass is 10.1. The molecule has 0 fully saturated rings. The van der Waals surface area contributed by atoms with Gasteiger partial charge in [0.15, 0.2) is 11.6 Å². The topological polar surface area (TPSA) is 29.3 Å². The van der Waals surface area contributed by atoms with Crippen LogP contribution >= 0.6 is 11.6 Å². The molecule has 2 aromatic heterocycles. The molecule has 0 aliphatic rings. The predicted molar refractivity (Wildman–Crippen MR) is 84.2 cm³/mol. The van der Waals surface area contributed by atoms with E-state index in [4.69, 9.17) is 16.0 Å². The molecule has 0 spiro atoms. The van der Waals surface area contributed by atoms with Crippen molar-refractivity contribution in [3.8, 4) is 0 Å². The molecule has 2 heterocycles. The number of halogens is 3. The SMILES string of the molecule is Fc1ccc(CN(Cc2ccc(Cl)nc2)c2ccoc2)cc1F. The maximum absolute atomic E-state index is 13.4. The summed E-state index contributed by atoms with van der Waals surface area (Å²) < 4.78 is 31.6. The molecule has 0 atom stereocenters. The van der Waals surface area contributed by atoms with Crippen LogP contribution in [0.25, 0.3) is 0 Å². The van der Waals surface area contributed by atoms with Crippen LogP contribution < -0.4 is 4.90 Å². The molecule has 3 nitrogen and oxygen atoms in total. The zero-order valence-electron chi connectivity index (χ0n) is 12.0. The molecular weight excluding hydrogens is 322 g/mol. The van der Waals surface area contributed by atoms with Crippen LogP contribution in [0.1, 0.15) is 11.1 Å². The normalized spacial score (nSPS) is 10.7. The number of nitrogens with zero attached hydrogens (tertiary/aromatic N) is 2. The van der Waals surface area contributed by atoms with Crippen LogP contribution in [0.3, 0.4) is 0 Å². The fourth-order valence-electron chi connectivity index (χ4n) is 2.25. The number of furan rings is 1. The number of benzene rings is 1. The molecule has 0 radical (unpaired) electrons. The van der Waals surface area contributed by atoms with E-state index in [1.54, 1.807) is 30.9 Å². The van der Waals surface area contributed by atoms with Crippen LogP contribution in [0, 0.1) is 11.6 Å². The highest BCUT2D eigenvalue weighted by molar-refractivity contribution is 6.29. The Hall–Kier alpha value is -2.40. The van der Waals surface area contributed by atoms with Gasteiger partial charge in [0.1, 0.15) is 11.4 Å². The van der Waals surface area contributed by atoms with Crippen molar-refractivity contribution in [3.05, 3.63) is 83.0 Å². The van der Waals surface area contributed by atoms with Crippen LogP contribution in [-0.4, -0.2) is 4.98 Å². The van der Waals surface area contributed by atoms with Crippen LogP contribution in [0.4, 0.5) is 14.5 Å². The Morgan fingerprint density at radius 3 is 2.43 bits per heavy atom. The van der Waals surface area contributed by atoms with Crippen LogP contribution in [0.5, 0.6) is 0 Å². The Balaban J connectivity index is 1.83. The molecule has 1 aromatic carbocycles. The number of hydrogen-bond donors (Lipinski definition) is 0. The average Bonchev–Trinajstić information content (AvgIpc) is 3.07.